The van der Waals surface area contributed by atoms with Gasteiger partial charge in [0.15, 0.2) is 0 Å². The van der Waals surface area contributed by atoms with Gasteiger partial charge in [0.05, 0.1) is 29.5 Å². The quantitative estimate of drug-likeness (QED) is 0.800. The van der Waals surface area contributed by atoms with Gasteiger partial charge >= 0.3 is 6.61 Å². The highest BCUT2D eigenvalue weighted by atomic mass is 35.5. The van der Waals surface area contributed by atoms with Crippen molar-refractivity contribution >= 4 is 34.8 Å². The molecule has 4 nitrogen and oxygen atoms in total. The van der Waals surface area contributed by atoms with Gasteiger partial charge in [-0.15, -0.1) is 0 Å². The standard InChI is InChI=1S/C13H11Cl3F2N2O2/c1-21-9-3-2-6(10(14)12(9)16)4-7-11(15)8(20-19-7)5-22-13(17)18/h2-3,13H,4-5H2,1H3,(H,19,20). The van der Waals surface area contributed by atoms with Crippen molar-refractivity contribution in [3.05, 3.63) is 44.2 Å². The van der Waals surface area contributed by atoms with Crippen molar-refractivity contribution in [2.45, 2.75) is 19.6 Å². The van der Waals surface area contributed by atoms with Gasteiger partial charge in [-0.1, -0.05) is 40.9 Å². The maximum atomic E-state index is 12.0. The van der Waals surface area contributed by atoms with Crippen molar-refractivity contribution in [1.29, 1.82) is 0 Å². The Hall–Kier alpha value is -1.08. The second-order valence-corrected chi connectivity index (χ2v) is 5.40. The first kappa shape index (κ1) is 17.3. The molecule has 2 aromatic rings. The van der Waals surface area contributed by atoms with Gasteiger partial charge in [-0.25, -0.2) is 0 Å². The third kappa shape index (κ3) is 3.81. The highest BCUT2D eigenvalue weighted by molar-refractivity contribution is 6.43. The lowest BCUT2D eigenvalue weighted by Gasteiger charge is -2.09. The van der Waals surface area contributed by atoms with Crippen LogP contribution in [0.4, 0.5) is 8.78 Å². The molecule has 0 atom stereocenters. The van der Waals surface area contributed by atoms with Crippen molar-refractivity contribution < 1.29 is 18.3 Å². The fourth-order valence-corrected chi connectivity index (χ4v) is 2.51. The first-order valence-corrected chi connectivity index (χ1v) is 7.19. The summed E-state index contributed by atoms with van der Waals surface area (Å²) < 4.78 is 33.3. The summed E-state index contributed by atoms with van der Waals surface area (Å²) >= 11 is 18.3. The number of rotatable bonds is 6. The van der Waals surface area contributed by atoms with Crippen molar-refractivity contribution in [1.82, 2.24) is 10.2 Å². The van der Waals surface area contributed by atoms with Gasteiger partial charge in [-0.3, -0.25) is 5.10 Å². The Morgan fingerprint density at radius 2 is 1.91 bits per heavy atom. The molecule has 22 heavy (non-hydrogen) atoms. The van der Waals surface area contributed by atoms with E-state index in [-0.39, 0.29) is 17.3 Å². The minimum Gasteiger partial charge on any atom is -0.495 e. The van der Waals surface area contributed by atoms with Crippen molar-refractivity contribution in [2.24, 2.45) is 0 Å². The van der Waals surface area contributed by atoms with Crippen LogP contribution in [0.15, 0.2) is 12.1 Å². The van der Waals surface area contributed by atoms with E-state index < -0.39 is 6.61 Å². The van der Waals surface area contributed by atoms with Crippen LogP contribution in [0.1, 0.15) is 17.0 Å². The Balaban J connectivity index is 2.20. The summed E-state index contributed by atoms with van der Waals surface area (Å²) in [5.41, 5.74) is 1.42. The molecule has 2 rings (SSSR count). The van der Waals surface area contributed by atoms with Gasteiger partial charge in [-0.2, -0.15) is 13.9 Å². The van der Waals surface area contributed by atoms with E-state index in [0.29, 0.717) is 33.5 Å². The molecule has 120 valence electrons. The number of ether oxygens (including phenoxy) is 2. The van der Waals surface area contributed by atoms with Gasteiger partial charge in [0.25, 0.3) is 0 Å². The molecule has 0 spiro atoms. The number of nitrogens with zero attached hydrogens (tertiary/aromatic N) is 1. The zero-order chi connectivity index (χ0) is 16.3. The van der Waals surface area contributed by atoms with E-state index in [4.69, 9.17) is 39.5 Å². The molecule has 0 aliphatic carbocycles. The fraction of sp³-hybridized carbons (Fsp3) is 0.308. The largest absolute Gasteiger partial charge is 0.495 e. The predicted octanol–water partition coefficient (Wildman–Crippen LogP) is 4.71. The number of alkyl halides is 2. The Labute approximate surface area is 140 Å². The molecule has 1 aromatic carbocycles. The zero-order valence-corrected chi connectivity index (χ0v) is 13.6. The molecule has 1 N–H and O–H groups in total. The van der Waals surface area contributed by atoms with Crippen LogP contribution in [-0.4, -0.2) is 23.9 Å². The average molecular weight is 372 g/mol. The molecule has 0 aliphatic heterocycles. The second-order valence-electron chi connectivity index (χ2n) is 4.27. The van der Waals surface area contributed by atoms with Crippen molar-refractivity contribution in [3.8, 4) is 5.75 Å². The average Bonchev–Trinajstić information content (AvgIpc) is 2.83. The minimum absolute atomic E-state index is 0.202. The highest BCUT2D eigenvalue weighted by Gasteiger charge is 2.16. The van der Waals surface area contributed by atoms with E-state index in [1.165, 1.54) is 7.11 Å². The summed E-state index contributed by atoms with van der Waals surface area (Å²) in [5, 5.41) is 7.38. The van der Waals surface area contributed by atoms with Crippen LogP contribution < -0.4 is 4.74 Å². The van der Waals surface area contributed by atoms with E-state index in [1.807, 2.05) is 0 Å². The Kier molecular flexibility index (Phi) is 5.86. The van der Waals surface area contributed by atoms with Crippen molar-refractivity contribution in [3.63, 3.8) is 0 Å². The molecule has 0 bridgehead atoms. The smallest absolute Gasteiger partial charge is 0.345 e. The summed E-state index contributed by atoms with van der Waals surface area (Å²) in [5.74, 6) is 0.456. The number of hydrogen-bond donors (Lipinski definition) is 1. The number of methoxy groups -OCH3 is 1. The summed E-state index contributed by atoms with van der Waals surface area (Å²) in [6, 6.07) is 3.41. The molecule has 9 heteroatoms. The summed E-state index contributed by atoms with van der Waals surface area (Å²) in [6.45, 7) is -3.27. The van der Waals surface area contributed by atoms with Crippen LogP contribution in [0.2, 0.25) is 15.1 Å². The van der Waals surface area contributed by atoms with Crippen LogP contribution in [0.3, 0.4) is 0 Å². The number of aromatic nitrogens is 2. The van der Waals surface area contributed by atoms with Gasteiger partial charge in [0.2, 0.25) is 0 Å². The monoisotopic (exact) mass is 370 g/mol. The maximum absolute atomic E-state index is 12.0. The van der Waals surface area contributed by atoms with Crippen LogP contribution in [-0.2, 0) is 17.8 Å². The van der Waals surface area contributed by atoms with Gasteiger partial charge in [0.1, 0.15) is 16.5 Å². The minimum atomic E-state index is -2.88. The third-order valence-corrected chi connectivity index (χ3v) is 4.25. The molecule has 0 amide bonds. The molecular weight excluding hydrogens is 361 g/mol. The molecule has 0 unspecified atom stereocenters. The lowest BCUT2D eigenvalue weighted by atomic mass is 10.1. The summed E-state index contributed by atoms with van der Waals surface area (Å²) in [6.07, 6.45) is 0.309. The lowest BCUT2D eigenvalue weighted by molar-refractivity contribution is -0.137. The molecule has 0 saturated carbocycles. The number of hydrogen-bond acceptors (Lipinski definition) is 3. The normalized spacial score (nSPS) is 11.2. The fourth-order valence-electron chi connectivity index (χ4n) is 1.82. The Bertz CT molecular complexity index is 665. The second kappa shape index (κ2) is 7.46. The first-order valence-electron chi connectivity index (χ1n) is 6.06. The Morgan fingerprint density at radius 3 is 2.55 bits per heavy atom. The molecule has 0 aliphatic rings. The van der Waals surface area contributed by atoms with E-state index >= 15 is 0 Å². The first-order chi connectivity index (χ1) is 10.4. The SMILES string of the molecule is COc1ccc(Cc2[nH]nc(COC(F)F)c2Cl)c(Cl)c1Cl. The number of benzene rings is 1. The predicted molar refractivity (Wildman–Crippen MR) is 80.2 cm³/mol. The lowest BCUT2D eigenvalue weighted by Crippen LogP contribution is -1.99. The van der Waals surface area contributed by atoms with E-state index in [2.05, 4.69) is 14.9 Å². The molecular formula is C13H11Cl3F2N2O2. The molecule has 1 heterocycles. The maximum Gasteiger partial charge on any atom is 0.345 e. The number of nitrogens with one attached hydrogen (secondary N) is 1. The van der Waals surface area contributed by atoms with Crippen molar-refractivity contribution in [2.75, 3.05) is 7.11 Å². The van der Waals surface area contributed by atoms with Crippen LogP contribution in [0.5, 0.6) is 5.75 Å². The number of halogens is 5. The summed E-state index contributed by atoms with van der Waals surface area (Å²) in [4.78, 5) is 0. The highest BCUT2D eigenvalue weighted by Crippen LogP contribution is 2.36. The van der Waals surface area contributed by atoms with Crippen LogP contribution in [0, 0.1) is 0 Å². The molecule has 0 saturated heterocycles. The van der Waals surface area contributed by atoms with E-state index in [0.717, 1.165) is 0 Å². The van der Waals surface area contributed by atoms with Crippen LogP contribution in [0.25, 0.3) is 0 Å². The van der Waals surface area contributed by atoms with Gasteiger partial charge in [0, 0.05) is 6.42 Å². The summed E-state index contributed by atoms with van der Waals surface area (Å²) in [7, 11) is 1.48. The van der Waals surface area contributed by atoms with Gasteiger partial charge < -0.3 is 9.47 Å². The van der Waals surface area contributed by atoms with E-state index in [9.17, 15) is 8.78 Å². The Morgan fingerprint density at radius 1 is 1.18 bits per heavy atom. The van der Waals surface area contributed by atoms with Crippen LogP contribution >= 0.6 is 34.8 Å². The topological polar surface area (TPSA) is 47.1 Å². The third-order valence-electron chi connectivity index (χ3n) is 2.90. The molecule has 0 radical (unpaired) electrons. The number of aromatic amines is 1. The van der Waals surface area contributed by atoms with Gasteiger partial charge in [-0.05, 0) is 11.6 Å². The van der Waals surface area contributed by atoms with E-state index in [1.54, 1.807) is 12.1 Å². The zero-order valence-electron chi connectivity index (χ0n) is 11.3. The molecule has 0 fully saturated rings. The number of H-pyrrole nitrogens is 1. The molecule has 1 aromatic heterocycles.